The molecule has 0 aromatic carbocycles. The van der Waals surface area contributed by atoms with E-state index in [9.17, 15) is 0 Å². The third-order valence-electron chi connectivity index (χ3n) is 37.4. The van der Waals surface area contributed by atoms with Crippen molar-refractivity contribution in [1.29, 1.82) is 0 Å². The van der Waals surface area contributed by atoms with Crippen LogP contribution in [-0.2, 0) is 18.9 Å². The van der Waals surface area contributed by atoms with Gasteiger partial charge in [0.15, 0.2) is 0 Å². The fraction of sp³-hybridized carbons (Fsp3) is 1.00. The Morgan fingerprint density at radius 1 is 0.213 bits per heavy atom. The van der Waals surface area contributed by atoms with Crippen molar-refractivity contribution in [2.24, 2.45) is 204 Å². The summed E-state index contributed by atoms with van der Waals surface area (Å²) in [5.74, 6) is 24.4. The topological polar surface area (TPSA) is 73.0 Å². The highest BCUT2D eigenvalue weighted by Crippen LogP contribution is 2.66. The van der Waals surface area contributed by atoms with E-state index in [1.54, 1.807) is 0 Å². The lowest BCUT2D eigenvalue weighted by atomic mass is 9.44. The SMILES string of the molecule is CC(C)C1(C(C)C)C2CCNCC1C2.CC(C)C1(C(C)C)C2CCOCC1C2.CC(C)C1(C(C)C)C2CCOCC1C2.CC(C)C1(C(C)C)CC2CCC1CCNC2.CC(C)C1(C(C)C)CC2CCC1CCOC2.CC(C)C1(C(C)C)CC2CCCC1CCNC2.CC(C)C1(C(C)C)CC2CCCC1CCOC2. The van der Waals surface area contributed by atoms with Gasteiger partial charge in [0.2, 0.25) is 0 Å². The average molecular weight is 1510 g/mol. The van der Waals surface area contributed by atoms with Crippen LogP contribution >= 0.6 is 0 Å². The number of nitrogens with one attached hydrogen (secondary N) is 3. The van der Waals surface area contributed by atoms with Crippen molar-refractivity contribution in [2.45, 2.75) is 348 Å². The molecular weight excluding hydrogens is 1320 g/mol. The molecule has 12 heterocycles. The molecule has 0 radical (unpaired) electrons. The Morgan fingerprint density at radius 3 is 0.833 bits per heavy atom. The highest BCUT2D eigenvalue weighted by Gasteiger charge is 2.62. The zero-order valence-electron chi connectivity index (χ0n) is 77.7. The second-order valence-corrected chi connectivity index (χ2v) is 45.0. The number of hydrogen-bond acceptors (Lipinski definition) is 7. The van der Waals surface area contributed by atoms with Crippen molar-refractivity contribution >= 4 is 0 Å². The van der Waals surface area contributed by atoms with Crippen molar-refractivity contribution in [2.75, 3.05) is 92.1 Å². The lowest BCUT2D eigenvalue weighted by Crippen LogP contribution is -2.56. The van der Waals surface area contributed by atoms with Gasteiger partial charge in [-0.1, -0.05) is 207 Å². The van der Waals surface area contributed by atoms with Crippen LogP contribution in [0.3, 0.4) is 0 Å². The molecule has 14 unspecified atom stereocenters. The monoisotopic (exact) mass is 1510 g/mol. The summed E-state index contributed by atoms with van der Waals surface area (Å²) >= 11 is 0. The second kappa shape index (κ2) is 40.9. The van der Waals surface area contributed by atoms with E-state index >= 15 is 0 Å². The van der Waals surface area contributed by atoms with E-state index in [0.29, 0.717) is 37.9 Å². The smallest absolute Gasteiger partial charge is 0.0499 e. The third-order valence-corrected chi connectivity index (χ3v) is 37.4. The molecule has 14 bridgehead atoms. The summed E-state index contributed by atoms with van der Waals surface area (Å²) < 4.78 is 23.0. The van der Waals surface area contributed by atoms with E-state index in [4.69, 9.17) is 18.9 Å². The molecule has 19 aliphatic rings. The lowest BCUT2D eigenvalue weighted by Gasteiger charge is -2.61. The second-order valence-electron chi connectivity index (χ2n) is 45.0. The summed E-state index contributed by atoms with van der Waals surface area (Å²) in [6.07, 6.45) is 34.0. The normalized spacial score (nSPS) is 34.5. The van der Waals surface area contributed by atoms with Crippen molar-refractivity contribution in [3.8, 4) is 0 Å². The van der Waals surface area contributed by atoms with Gasteiger partial charge < -0.3 is 34.9 Å². The number of ether oxygens (including phenoxy) is 4. The van der Waals surface area contributed by atoms with E-state index < -0.39 is 0 Å². The maximum Gasteiger partial charge on any atom is 0.0499 e. The molecule has 0 aromatic heterocycles. The van der Waals surface area contributed by atoms with Gasteiger partial charge in [-0.3, -0.25) is 0 Å². The molecule has 7 heteroatoms. The summed E-state index contributed by atoms with van der Waals surface area (Å²) in [5.41, 5.74) is 4.25. The van der Waals surface area contributed by atoms with Crippen molar-refractivity contribution in [3.63, 3.8) is 0 Å². The van der Waals surface area contributed by atoms with E-state index in [1.807, 2.05) is 0 Å². The van der Waals surface area contributed by atoms with Crippen LogP contribution in [0.5, 0.6) is 0 Å². The Hall–Kier alpha value is -0.280. The molecule has 12 saturated heterocycles. The van der Waals surface area contributed by atoms with Crippen LogP contribution in [0.25, 0.3) is 0 Å². The van der Waals surface area contributed by atoms with E-state index in [2.05, 4.69) is 210 Å². The summed E-state index contributed by atoms with van der Waals surface area (Å²) in [6, 6.07) is 0. The number of rotatable bonds is 14. The summed E-state index contributed by atoms with van der Waals surface area (Å²) in [6.45, 7) is 84.0. The van der Waals surface area contributed by atoms with E-state index in [1.165, 1.54) is 193 Å². The molecule has 19 fully saturated rings. The van der Waals surface area contributed by atoms with Gasteiger partial charge in [0.1, 0.15) is 0 Å². The first-order chi connectivity index (χ1) is 51.1. The van der Waals surface area contributed by atoms with Crippen LogP contribution < -0.4 is 16.0 Å². The molecule has 0 amide bonds. The minimum Gasteiger partial charge on any atom is -0.381 e. The van der Waals surface area contributed by atoms with Crippen molar-refractivity contribution in [1.82, 2.24) is 16.0 Å². The molecule has 7 saturated carbocycles. The van der Waals surface area contributed by atoms with Crippen LogP contribution in [0.4, 0.5) is 0 Å². The molecule has 12 aliphatic heterocycles. The lowest BCUT2D eigenvalue weighted by molar-refractivity contribution is -0.130. The third kappa shape index (κ3) is 19.0. The van der Waals surface area contributed by atoms with Gasteiger partial charge in [-0.05, 0) is 384 Å². The molecule has 14 atom stereocenters. The molecule has 7 aliphatic carbocycles. The van der Waals surface area contributed by atoms with Crippen molar-refractivity contribution in [3.05, 3.63) is 0 Å². The Morgan fingerprint density at radius 2 is 0.463 bits per heavy atom. The Labute approximate surface area is 674 Å². The first-order valence-electron chi connectivity index (χ1n) is 48.5. The first kappa shape index (κ1) is 93.2. The highest BCUT2D eigenvalue weighted by molar-refractivity contribution is 5.10. The molecule has 0 spiro atoms. The molecule has 0 aromatic rings. The Balaban J connectivity index is 0.000000159. The van der Waals surface area contributed by atoms with Gasteiger partial charge >= 0.3 is 0 Å². The summed E-state index contributed by atoms with van der Waals surface area (Å²) in [7, 11) is 0. The van der Waals surface area contributed by atoms with Gasteiger partial charge in [0, 0.05) is 52.9 Å². The Kier molecular flexibility index (Phi) is 35.3. The largest absolute Gasteiger partial charge is 0.381 e. The minimum absolute atomic E-state index is 0.574. The fourth-order valence-corrected chi connectivity index (χ4v) is 32.7. The summed E-state index contributed by atoms with van der Waals surface area (Å²) in [5, 5.41) is 10.9. The van der Waals surface area contributed by atoms with Gasteiger partial charge in [0.25, 0.3) is 0 Å². The van der Waals surface area contributed by atoms with Crippen LogP contribution in [0.15, 0.2) is 0 Å². The van der Waals surface area contributed by atoms with Gasteiger partial charge in [-0.2, -0.15) is 0 Å². The van der Waals surface area contributed by atoms with Crippen LogP contribution in [0.2, 0.25) is 0 Å². The quantitative estimate of drug-likeness (QED) is 0.160. The zero-order valence-corrected chi connectivity index (χ0v) is 77.7. The molecular formula is C101H191N3O4. The molecule has 108 heavy (non-hydrogen) atoms. The van der Waals surface area contributed by atoms with Crippen LogP contribution in [-0.4, -0.2) is 92.1 Å². The summed E-state index contributed by atoms with van der Waals surface area (Å²) in [4.78, 5) is 0. The van der Waals surface area contributed by atoms with Crippen LogP contribution in [0.1, 0.15) is 348 Å². The average Bonchev–Trinajstić information content (AvgIpc) is 1.31. The number of hydrogen-bond donors (Lipinski definition) is 3. The zero-order chi connectivity index (χ0) is 79.5. The standard InChI is InChI=1S/C16H31N.C16H30O.C15H29N.C15H28O.C13H25N.2C13H24O/c2*1-12(2)16(13(3)4)10-14-6-5-7-15(16)8-9-17-11-14;2*1-11(2)15(12(3)4)9-13-5-6-14(15)7-8-16-10-13;3*1-9(2)13(10(3)4)11-5-6-14-8-12(13)7-11/h12-15,17H,5-11H2,1-4H3;12-15H,5-11H2,1-4H3;11-14,16H,5-10H2,1-4H3;11-14H,5-10H2,1-4H3;9-12,14H,5-8H2,1-4H3;2*9-12H,5-8H2,1-4H3. The predicted molar refractivity (Wildman–Crippen MR) is 466 cm³/mol. The van der Waals surface area contributed by atoms with Gasteiger partial charge in [-0.15, -0.1) is 0 Å². The predicted octanol–water partition coefficient (Wildman–Crippen LogP) is 26.0. The van der Waals surface area contributed by atoms with E-state index in [0.717, 1.165) is 219 Å². The molecule has 3 N–H and O–H groups in total. The van der Waals surface area contributed by atoms with Crippen LogP contribution in [0, 0.1) is 204 Å². The van der Waals surface area contributed by atoms with Gasteiger partial charge in [-0.25, -0.2) is 0 Å². The molecule has 7 nitrogen and oxygen atoms in total. The first-order valence-corrected chi connectivity index (χ1v) is 48.5. The highest BCUT2D eigenvalue weighted by atomic mass is 16.5. The molecule has 634 valence electrons. The maximum atomic E-state index is 5.84. The van der Waals surface area contributed by atoms with Gasteiger partial charge in [0.05, 0.1) is 0 Å². The minimum atomic E-state index is 0.574. The Bertz CT molecular complexity index is 2200. The fourth-order valence-electron chi connectivity index (χ4n) is 32.7. The molecule has 19 rings (SSSR count). The van der Waals surface area contributed by atoms with Crippen molar-refractivity contribution < 1.29 is 18.9 Å². The maximum absolute atomic E-state index is 5.84. The number of fused-ring (bicyclic) bond motifs is 25. The van der Waals surface area contributed by atoms with E-state index in [-0.39, 0.29) is 0 Å².